The topological polar surface area (TPSA) is 183 Å². The summed E-state index contributed by atoms with van der Waals surface area (Å²) in [7, 11) is -2.40. The Balaban J connectivity index is 0.000000228. The Morgan fingerprint density at radius 3 is 1.50 bits per heavy atom. The molecule has 2 saturated heterocycles. The maximum Gasteiger partial charge on any atom is 0.339 e. The SMILES string of the molecule is COC(=O)c1ccc(CN(c2cccc(Cl)c2)S(=O)(=O)N2CCN(C)[C@@H](C)C2)nc1.C[C@H]1CN(S(=O)(=O)N(Cc2ccc(C(=O)CN)cn2)c2cccc(Cl)c2)CCN1C. The van der Waals surface area contributed by atoms with Gasteiger partial charge in [0.1, 0.15) is 0 Å². The van der Waals surface area contributed by atoms with Crippen molar-refractivity contribution in [3.8, 4) is 0 Å². The molecule has 324 valence electrons. The Hall–Kier alpha value is -4.24. The first kappa shape index (κ1) is 46.8. The zero-order chi connectivity index (χ0) is 43.8. The minimum Gasteiger partial charge on any atom is -0.465 e. The lowest BCUT2D eigenvalue weighted by atomic mass is 10.2. The van der Waals surface area contributed by atoms with Gasteiger partial charge in [-0.05, 0) is 88.6 Å². The summed E-state index contributed by atoms with van der Waals surface area (Å²) < 4.78 is 64.5. The predicted octanol–water partition coefficient (Wildman–Crippen LogP) is 4.17. The van der Waals surface area contributed by atoms with Gasteiger partial charge in [0.25, 0.3) is 0 Å². The number of esters is 1. The maximum atomic E-state index is 13.6. The van der Waals surface area contributed by atoms with Crippen molar-refractivity contribution in [2.24, 2.45) is 5.73 Å². The molecule has 2 fully saturated rings. The lowest BCUT2D eigenvalue weighted by Crippen LogP contribution is -2.55. The van der Waals surface area contributed by atoms with Crippen LogP contribution >= 0.6 is 23.2 Å². The normalized spacial score (nSPS) is 18.3. The summed E-state index contributed by atoms with van der Waals surface area (Å²) in [5, 5.41) is 0.879. The molecule has 4 aromatic rings. The molecule has 0 radical (unpaired) electrons. The fraction of sp³-hybridized carbons (Fsp3) is 0.400. The van der Waals surface area contributed by atoms with Crippen molar-refractivity contribution in [1.82, 2.24) is 28.4 Å². The first-order valence-electron chi connectivity index (χ1n) is 19.1. The number of methoxy groups -OCH3 is 1. The molecule has 6 rings (SSSR count). The smallest absolute Gasteiger partial charge is 0.339 e. The second-order valence-electron chi connectivity index (χ2n) is 14.6. The number of nitrogens with two attached hydrogens (primary N) is 1. The van der Waals surface area contributed by atoms with Crippen LogP contribution in [0.15, 0.2) is 85.2 Å². The average Bonchev–Trinajstić information content (AvgIpc) is 3.23. The van der Waals surface area contributed by atoms with Gasteiger partial charge in [0.05, 0.1) is 55.1 Å². The molecule has 0 saturated carbocycles. The summed E-state index contributed by atoms with van der Waals surface area (Å²) in [5.41, 5.74) is 7.99. The molecule has 0 aliphatic carbocycles. The number of carbonyl (C=O) groups is 2. The van der Waals surface area contributed by atoms with Crippen LogP contribution in [0.2, 0.25) is 10.0 Å². The molecule has 2 N–H and O–H groups in total. The molecule has 2 aromatic heterocycles. The van der Waals surface area contributed by atoms with E-state index in [1.54, 1.807) is 72.8 Å². The van der Waals surface area contributed by atoms with E-state index in [2.05, 4.69) is 24.5 Å². The van der Waals surface area contributed by atoms with Crippen LogP contribution < -0.4 is 14.3 Å². The van der Waals surface area contributed by atoms with Gasteiger partial charge in [-0.15, -0.1) is 0 Å². The van der Waals surface area contributed by atoms with Crippen molar-refractivity contribution in [2.75, 3.05) is 75.6 Å². The third-order valence-electron chi connectivity index (χ3n) is 10.4. The standard InChI is InChI=1S/C20H26ClN5O3S.C20H25ClN4O4S/c1-15-13-25(9-8-24(15)2)30(28,29)26(19-5-3-4-17(21)10-19)14-18-7-6-16(12-23-18)20(27)11-22;1-15-13-24(10-9-23(15)2)30(27,28)25(19-6-4-5-17(21)11-19)14-18-8-7-16(12-22-18)20(26)29-3/h3-7,10,12,15H,8-9,11,13-14,22H2,1-2H3;4-8,11-12,15H,9-10,13-14H2,1-3H3/t2*15-/m00/s1. The molecule has 2 aliphatic rings. The van der Waals surface area contributed by atoms with Crippen LogP contribution in [-0.4, -0.2) is 136 Å². The fourth-order valence-corrected chi connectivity index (χ4v) is 10.2. The molecule has 0 unspecified atom stereocenters. The number of Topliss-reactive ketones (excluding diaryl/α,β-unsaturated/α-hetero) is 1. The maximum absolute atomic E-state index is 13.6. The number of anilines is 2. The number of aromatic nitrogens is 2. The van der Waals surface area contributed by atoms with Crippen molar-refractivity contribution in [1.29, 1.82) is 0 Å². The Morgan fingerprint density at radius 2 is 1.15 bits per heavy atom. The van der Waals surface area contributed by atoms with Crippen molar-refractivity contribution >= 4 is 66.7 Å². The monoisotopic (exact) mass is 903 g/mol. The summed E-state index contributed by atoms with van der Waals surface area (Å²) in [5.74, 6) is -0.723. The number of piperazine rings is 2. The number of benzene rings is 2. The van der Waals surface area contributed by atoms with E-state index in [1.807, 2.05) is 27.9 Å². The first-order valence-corrected chi connectivity index (χ1v) is 22.7. The van der Waals surface area contributed by atoms with Crippen LogP contribution in [0.4, 0.5) is 11.4 Å². The van der Waals surface area contributed by atoms with Gasteiger partial charge in [-0.3, -0.25) is 23.4 Å². The number of nitrogens with zero attached hydrogens (tertiary/aromatic N) is 8. The number of likely N-dealkylation sites (N-methyl/N-ethyl adjacent to an activating group) is 2. The highest BCUT2D eigenvalue weighted by atomic mass is 35.5. The predicted molar refractivity (Wildman–Crippen MR) is 234 cm³/mol. The van der Waals surface area contributed by atoms with E-state index in [9.17, 15) is 26.4 Å². The quantitative estimate of drug-likeness (QED) is 0.150. The van der Waals surface area contributed by atoms with Crippen LogP contribution in [0.3, 0.4) is 0 Å². The van der Waals surface area contributed by atoms with Gasteiger partial charge in [-0.25, -0.2) is 4.79 Å². The number of rotatable bonds is 13. The largest absolute Gasteiger partial charge is 0.465 e. The van der Waals surface area contributed by atoms with Gasteiger partial charge in [-0.2, -0.15) is 25.4 Å². The zero-order valence-corrected chi connectivity index (χ0v) is 37.3. The number of ether oxygens (including phenoxy) is 1. The van der Waals surface area contributed by atoms with Gasteiger partial charge in [0.2, 0.25) is 0 Å². The van der Waals surface area contributed by atoms with Crippen LogP contribution in [-0.2, 0) is 38.2 Å². The highest BCUT2D eigenvalue weighted by Crippen LogP contribution is 2.29. The third-order valence-corrected chi connectivity index (χ3v) is 14.7. The highest BCUT2D eigenvalue weighted by molar-refractivity contribution is 7.90. The van der Waals surface area contributed by atoms with E-state index in [0.717, 1.165) is 0 Å². The Labute approximate surface area is 362 Å². The number of halogens is 2. The second kappa shape index (κ2) is 20.5. The summed E-state index contributed by atoms with van der Waals surface area (Å²) in [4.78, 5) is 36.2. The Kier molecular flexibility index (Phi) is 16.0. The summed E-state index contributed by atoms with van der Waals surface area (Å²) in [6.45, 7) is 6.80. The minimum absolute atomic E-state index is 0.00481. The molecular formula is C40H51Cl2N9O7S2. The van der Waals surface area contributed by atoms with Crippen LogP contribution in [0.25, 0.3) is 0 Å². The second-order valence-corrected chi connectivity index (χ2v) is 19.1. The van der Waals surface area contributed by atoms with Crippen molar-refractivity contribution in [3.05, 3.63) is 118 Å². The number of ketones is 1. The van der Waals surface area contributed by atoms with Crippen LogP contribution in [0.1, 0.15) is 46.0 Å². The number of carbonyl (C=O) groups excluding carboxylic acids is 2. The van der Waals surface area contributed by atoms with Gasteiger partial charge in [0, 0.05) is 79.4 Å². The minimum atomic E-state index is -3.83. The van der Waals surface area contributed by atoms with E-state index < -0.39 is 26.4 Å². The molecule has 16 nitrogen and oxygen atoms in total. The van der Waals surface area contributed by atoms with E-state index >= 15 is 0 Å². The molecule has 0 bridgehead atoms. The molecule has 60 heavy (non-hydrogen) atoms. The van der Waals surface area contributed by atoms with Crippen molar-refractivity contribution in [3.63, 3.8) is 0 Å². The highest BCUT2D eigenvalue weighted by Gasteiger charge is 2.36. The summed E-state index contributed by atoms with van der Waals surface area (Å²) >= 11 is 12.3. The van der Waals surface area contributed by atoms with Crippen LogP contribution in [0, 0.1) is 0 Å². The van der Waals surface area contributed by atoms with Crippen molar-refractivity contribution in [2.45, 2.75) is 39.0 Å². The van der Waals surface area contributed by atoms with Crippen LogP contribution in [0.5, 0.6) is 0 Å². The van der Waals surface area contributed by atoms with Gasteiger partial charge < -0.3 is 20.3 Å². The Bertz CT molecular complexity index is 2160. The summed E-state index contributed by atoms with van der Waals surface area (Å²) in [6, 6.07) is 20.1. The average molecular weight is 905 g/mol. The molecule has 2 aromatic carbocycles. The lowest BCUT2D eigenvalue weighted by Gasteiger charge is -2.39. The molecule has 0 amide bonds. The first-order chi connectivity index (χ1) is 28.4. The zero-order valence-electron chi connectivity index (χ0n) is 34.2. The lowest BCUT2D eigenvalue weighted by molar-refractivity contribution is 0.0600. The van der Waals surface area contributed by atoms with Gasteiger partial charge in [0.15, 0.2) is 5.78 Å². The molecule has 4 heterocycles. The molecule has 2 atom stereocenters. The van der Waals surface area contributed by atoms with E-state index in [0.29, 0.717) is 83.2 Å². The molecule has 0 spiro atoms. The van der Waals surface area contributed by atoms with Crippen molar-refractivity contribution < 1.29 is 31.2 Å². The fourth-order valence-electron chi connectivity index (χ4n) is 6.45. The number of hydrogen-bond donors (Lipinski definition) is 1. The van der Waals surface area contributed by atoms with E-state index in [4.69, 9.17) is 28.9 Å². The molecular weight excluding hydrogens is 854 g/mol. The third kappa shape index (κ3) is 11.6. The Morgan fingerprint density at radius 1 is 0.717 bits per heavy atom. The molecule has 20 heteroatoms. The van der Waals surface area contributed by atoms with E-state index in [-0.39, 0.29) is 37.5 Å². The van der Waals surface area contributed by atoms with E-state index in [1.165, 1.54) is 36.7 Å². The summed E-state index contributed by atoms with van der Waals surface area (Å²) in [6.07, 6.45) is 2.80. The molecule has 2 aliphatic heterocycles. The van der Waals surface area contributed by atoms with Gasteiger partial charge in [-0.1, -0.05) is 35.3 Å². The number of pyridine rings is 2. The van der Waals surface area contributed by atoms with Gasteiger partial charge >= 0.3 is 26.4 Å². The number of hydrogen-bond acceptors (Lipinski definition) is 12.